The summed E-state index contributed by atoms with van der Waals surface area (Å²) in [7, 11) is -3.13. The van der Waals surface area contributed by atoms with Crippen molar-refractivity contribution in [3.8, 4) is 11.5 Å². The fraction of sp³-hybridized carbons (Fsp3) is 0.200. The van der Waals surface area contributed by atoms with Gasteiger partial charge in [0.2, 0.25) is 0 Å². The van der Waals surface area contributed by atoms with Crippen molar-refractivity contribution in [3.63, 3.8) is 0 Å². The molecule has 0 aliphatic rings. The fourth-order valence-electron chi connectivity index (χ4n) is 1.02. The van der Waals surface area contributed by atoms with Gasteiger partial charge in [-0.25, -0.2) is 0 Å². The number of ether oxygens (including phenoxy) is 1. The van der Waals surface area contributed by atoms with Crippen molar-refractivity contribution in [1.82, 2.24) is 0 Å². The van der Waals surface area contributed by atoms with Crippen LogP contribution in [0.25, 0.3) is 0 Å². The van der Waals surface area contributed by atoms with Gasteiger partial charge in [0.1, 0.15) is 0 Å². The number of benzene rings is 1. The Bertz CT molecular complexity index is 458. The summed E-state index contributed by atoms with van der Waals surface area (Å²) < 4.78 is 36.5. The highest BCUT2D eigenvalue weighted by molar-refractivity contribution is 7.79. The van der Waals surface area contributed by atoms with Gasteiger partial charge in [0.25, 0.3) is 0 Å². The number of phenols is 1. The number of allylic oxidation sites excluding steroid dienone is 1. The summed E-state index contributed by atoms with van der Waals surface area (Å²) in [4.78, 5) is 0. The first-order valence-corrected chi connectivity index (χ1v) is 5.84. The van der Waals surface area contributed by atoms with E-state index >= 15 is 0 Å². The van der Waals surface area contributed by atoms with Gasteiger partial charge in [0, 0.05) is 0 Å². The van der Waals surface area contributed by atoms with Crippen LogP contribution in [0.4, 0.5) is 0 Å². The third-order valence-electron chi connectivity index (χ3n) is 1.62. The van der Waals surface area contributed by atoms with Crippen molar-refractivity contribution in [2.75, 3.05) is 7.11 Å². The quantitative estimate of drug-likeness (QED) is 0.563. The number of methoxy groups -OCH3 is 1. The fourth-order valence-corrected chi connectivity index (χ4v) is 1.02. The lowest BCUT2D eigenvalue weighted by molar-refractivity contribution is 0.373. The number of aromatic hydroxyl groups is 1. The second-order valence-electron chi connectivity index (χ2n) is 2.95. The highest BCUT2D eigenvalue weighted by atomic mass is 32.3. The van der Waals surface area contributed by atoms with E-state index in [1.54, 1.807) is 12.1 Å². The number of hydrogen-bond acceptors (Lipinski definition) is 4. The Morgan fingerprint density at radius 1 is 1.41 bits per heavy atom. The topological polar surface area (TPSA) is 104 Å². The van der Waals surface area contributed by atoms with Gasteiger partial charge >= 0.3 is 10.4 Å². The molecular formula is C10H14O6S. The first kappa shape index (κ1) is 15.4. The molecule has 6 nitrogen and oxygen atoms in total. The van der Waals surface area contributed by atoms with Gasteiger partial charge in [-0.05, 0) is 24.1 Å². The smallest absolute Gasteiger partial charge is 0.394 e. The molecule has 1 rings (SSSR count). The molecule has 0 bridgehead atoms. The molecule has 1 aromatic carbocycles. The maximum Gasteiger partial charge on any atom is 0.394 e. The molecule has 1 aromatic rings. The van der Waals surface area contributed by atoms with Crippen molar-refractivity contribution in [1.29, 1.82) is 0 Å². The van der Waals surface area contributed by atoms with Crippen molar-refractivity contribution < 1.29 is 27.4 Å². The summed E-state index contributed by atoms with van der Waals surface area (Å²) in [5.74, 6) is 0.680. The molecule has 3 N–H and O–H groups in total. The van der Waals surface area contributed by atoms with Gasteiger partial charge in [-0.15, -0.1) is 6.58 Å². The van der Waals surface area contributed by atoms with Gasteiger partial charge in [0.05, 0.1) is 7.11 Å². The largest absolute Gasteiger partial charge is 0.504 e. The molecule has 0 atom stereocenters. The summed E-state index contributed by atoms with van der Waals surface area (Å²) in [5, 5.41) is 9.25. The van der Waals surface area contributed by atoms with E-state index in [-0.39, 0.29) is 5.75 Å². The minimum Gasteiger partial charge on any atom is -0.504 e. The van der Waals surface area contributed by atoms with Crippen LogP contribution in [0.15, 0.2) is 30.9 Å². The van der Waals surface area contributed by atoms with E-state index in [0.717, 1.165) is 12.0 Å². The van der Waals surface area contributed by atoms with Crippen LogP contribution in [0.2, 0.25) is 0 Å². The summed E-state index contributed by atoms with van der Waals surface area (Å²) in [6.07, 6.45) is 2.60. The molecule has 0 radical (unpaired) electrons. The Morgan fingerprint density at radius 2 is 1.94 bits per heavy atom. The zero-order valence-electron chi connectivity index (χ0n) is 9.20. The second kappa shape index (κ2) is 6.89. The zero-order chi connectivity index (χ0) is 13.5. The average Bonchev–Trinajstić information content (AvgIpc) is 2.19. The molecule has 7 heteroatoms. The minimum atomic E-state index is -4.67. The van der Waals surface area contributed by atoms with Crippen LogP contribution >= 0.6 is 0 Å². The van der Waals surface area contributed by atoms with Gasteiger partial charge in [-0.1, -0.05) is 12.1 Å². The lowest BCUT2D eigenvalue weighted by Crippen LogP contribution is -1.89. The molecule has 0 unspecified atom stereocenters. The molecule has 0 amide bonds. The maximum absolute atomic E-state index is 9.25. The zero-order valence-corrected chi connectivity index (χ0v) is 10.0. The third-order valence-corrected chi connectivity index (χ3v) is 1.62. The van der Waals surface area contributed by atoms with E-state index in [0.29, 0.717) is 5.75 Å². The van der Waals surface area contributed by atoms with Crippen molar-refractivity contribution >= 4 is 10.4 Å². The summed E-state index contributed by atoms with van der Waals surface area (Å²) in [6, 6.07) is 5.27. The Balaban J connectivity index is 0.000000437. The van der Waals surface area contributed by atoms with E-state index in [1.807, 2.05) is 12.1 Å². The molecule has 0 aromatic heterocycles. The molecule has 0 aliphatic heterocycles. The molecule has 0 aliphatic carbocycles. The molecular weight excluding hydrogens is 248 g/mol. The van der Waals surface area contributed by atoms with Crippen LogP contribution in [-0.4, -0.2) is 29.7 Å². The first-order chi connectivity index (χ1) is 7.77. The molecule has 0 fully saturated rings. The standard InChI is InChI=1S/C10H12O2.H2O4S/c1-3-4-8-5-6-9(11)10(7-8)12-2;1-5(2,3)4/h3,5-7,11H,1,4H2,2H3;(H2,1,2,3,4). The van der Waals surface area contributed by atoms with Gasteiger partial charge in [-0.2, -0.15) is 8.42 Å². The Kier molecular flexibility index (Phi) is 6.26. The summed E-state index contributed by atoms with van der Waals surface area (Å²) in [5.41, 5.74) is 1.08. The van der Waals surface area contributed by atoms with Crippen molar-refractivity contribution in [3.05, 3.63) is 36.4 Å². The average molecular weight is 262 g/mol. The molecule has 96 valence electrons. The van der Waals surface area contributed by atoms with E-state index in [2.05, 4.69) is 6.58 Å². The van der Waals surface area contributed by atoms with E-state index in [1.165, 1.54) is 7.11 Å². The maximum atomic E-state index is 9.25. The molecule has 0 heterocycles. The van der Waals surface area contributed by atoms with E-state index < -0.39 is 10.4 Å². The number of hydrogen-bond donors (Lipinski definition) is 3. The van der Waals surface area contributed by atoms with Crippen molar-refractivity contribution in [2.24, 2.45) is 0 Å². The monoisotopic (exact) mass is 262 g/mol. The van der Waals surface area contributed by atoms with Crippen LogP contribution in [0.5, 0.6) is 11.5 Å². The third kappa shape index (κ3) is 8.26. The predicted octanol–water partition coefficient (Wildman–Crippen LogP) is 1.48. The molecule has 0 saturated carbocycles. The summed E-state index contributed by atoms with van der Waals surface area (Å²) in [6.45, 7) is 3.63. The normalized spacial score (nSPS) is 10.1. The SMILES string of the molecule is C=CCc1ccc(O)c(OC)c1.O=S(=O)(O)O. The van der Waals surface area contributed by atoms with Crippen LogP contribution in [0, 0.1) is 0 Å². The van der Waals surface area contributed by atoms with Gasteiger partial charge in [0.15, 0.2) is 11.5 Å². The lowest BCUT2D eigenvalue weighted by Gasteiger charge is -2.04. The number of rotatable bonds is 3. The van der Waals surface area contributed by atoms with Crippen LogP contribution in [0.3, 0.4) is 0 Å². The highest BCUT2D eigenvalue weighted by Crippen LogP contribution is 2.26. The Hall–Kier alpha value is -1.57. The molecule has 0 saturated heterocycles. The van der Waals surface area contributed by atoms with Crippen LogP contribution in [-0.2, 0) is 16.8 Å². The second-order valence-corrected chi connectivity index (χ2v) is 3.84. The molecule has 0 spiro atoms. The molecule has 17 heavy (non-hydrogen) atoms. The lowest BCUT2D eigenvalue weighted by atomic mass is 10.1. The Morgan fingerprint density at radius 3 is 2.35 bits per heavy atom. The van der Waals surface area contributed by atoms with Gasteiger partial charge in [-0.3, -0.25) is 9.11 Å². The highest BCUT2D eigenvalue weighted by Gasteiger charge is 2.00. The number of phenolic OH excluding ortho intramolecular Hbond substituents is 1. The first-order valence-electron chi connectivity index (χ1n) is 4.44. The van der Waals surface area contributed by atoms with Crippen LogP contribution in [0.1, 0.15) is 5.56 Å². The minimum absolute atomic E-state index is 0.172. The Labute approximate surface area is 99.7 Å². The predicted molar refractivity (Wildman–Crippen MR) is 62.7 cm³/mol. The summed E-state index contributed by atoms with van der Waals surface area (Å²) >= 11 is 0. The van der Waals surface area contributed by atoms with Crippen molar-refractivity contribution in [2.45, 2.75) is 6.42 Å². The van der Waals surface area contributed by atoms with E-state index in [9.17, 15) is 5.11 Å². The van der Waals surface area contributed by atoms with Gasteiger partial charge < -0.3 is 9.84 Å². The van der Waals surface area contributed by atoms with E-state index in [4.69, 9.17) is 22.3 Å². The van der Waals surface area contributed by atoms with Crippen LogP contribution < -0.4 is 4.74 Å².